The highest BCUT2D eigenvalue weighted by molar-refractivity contribution is 7.92. The van der Waals surface area contributed by atoms with Gasteiger partial charge < -0.3 is 4.57 Å². The summed E-state index contributed by atoms with van der Waals surface area (Å²) in [6, 6.07) is -2.40. The molecule has 0 aliphatic heterocycles. The number of nitrogens with zero attached hydrogens (tertiary/aromatic N) is 2. The maximum atomic E-state index is 12.7. The van der Waals surface area contributed by atoms with Crippen LogP contribution in [0.15, 0.2) is 24.4 Å². The van der Waals surface area contributed by atoms with Crippen LogP contribution in [0.4, 0.5) is 13.2 Å². The molecule has 0 saturated carbocycles. The monoisotopic (exact) mass is 269 g/mol. The molecule has 1 heterocycles. The molecule has 0 aliphatic rings. The number of alkyl halides is 3. The third-order valence-corrected chi connectivity index (χ3v) is 2.95. The second kappa shape index (κ2) is 4.49. The molecular weight excluding hydrogens is 259 g/mol. The summed E-state index contributed by atoms with van der Waals surface area (Å²) in [6.45, 7) is 2.93. The van der Waals surface area contributed by atoms with E-state index in [1.165, 1.54) is 18.0 Å². The predicted octanol–water partition coefficient (Wildman–Crippen LogP) is 1.09. The number of hydrogen-bond acceptors (Lipinski definition) is 3. The van der Waals surface area contributed by atoms with Gasteiger partial charge in [-0.05, 0) is 0 Å². The van der Waals surface area contributed by atoms with E-state index in [0.717, 1.165) is 10.8 Å². The Morgan fingerprint density at radius 1 is 1.59 bits per heavy atom. The molecule has 0 fully saturated rings. The molecule has 1 unspecified atom stereocenters. The normalized spacial score (nSPS) is 14.6. The molecule has 0 aliphatic carbocycles. The van der Waals surface area contributed by atoms with Crippen LogP contribution in [0.5, 0.6) is 0 Å². The summed E-state index contributed by atoms with van der Waals surface area (Å²) >= 11 is 0. The van der Waals surface area contributed by atoms with Crippen LogP contribution in [0.1, 0.15) is 11.9 Å². The number of hydrogen-bond donors (Lipinski definition) is 1. The van der Waals surface area contributed by atoms with Crippen LogP contribution in [-0.2, 0) is 17.1 Å². The number of aryl methyl sites for hydroxylation is 1. The molecule has 17 heavy (non-hydrogen) atoms. The molecule has 1 aromatic heterocycles. The zero-order chi connectivity index (χ0) is 13.3. The van der Waals surface area contributed by atoms with Crippen molar-refractivity contribution in [3.8, 4) is 0 Å². The molecule has 1 aromatic rings. The van der Waals surface area contributed by atoms with E-state index in [9.17, 15) is 21.6 Å². The van der Waals surface area contributed by atoms with E-state index in [2.05, 4.69) is 11.6 Å². The van der Waals surface area contributed by atoms with E-state index in [4.69, 9.17) is 0 Å². The average Bonchev–Trinajstić information content (AvgIpc) is 2.59. The van der Waals surface area contributed by atoms with Gasteiger partial charge in [-0.1, -0.05) is 6.58 Å². The van der Waals surface area contributed by atoms with Crippen LogP contribution in [0.25, 0.3) is 0 Å². The summed E-state index contributed by atoms with van der Waals surface area (Å²) in [5, 5.41) is 0.411. The first-order valence-corrected chi connectivity index (χ1v) is 5.90. The van der Waals surface area contributed by atoms with Crippen molar-refractivity contribution in [3.63, 3.8) is 0 Å². The first-order chi connectivity index (χ1) is 7.67. The minimum atomic E-state index is -4.78. The van der Waals surface area contributed by atoms with Crippen LogP contribution >= 0.6 is 0 Å². The van der Waals surface area contributed by atoms with Gasteiger partial charge in [-0.3, -0.25) is 0 Å². The summed E-state index contributed by atoms with van der Waals surface area (Å²) in [5.74, 6) is -0.442. The van der Waals surface area contributed by atoms with E-state index < -0.39 is 28.1 Å². The minimum Gasteiger partial charge on any atom is -0.336 e. The topological polar surface area (TPSA) is 64.0 Å². The van der Waals surface area contributed by atoms with E-state index in [1.807, 2.05) is 0 Å². The summed E-state index contributed by atoms with van der Waals surface area (Å²) < 4.78 is 62.9. The van der Waals surface area contributed by atoms with Crippen LogP contribution in [0.3, 0.4) is 0 Å². The fraction of sp³-hybridized carbons (Fsp3) is 0.375. The fourth-order valence-corrected chi connectivity index (χ4v) is 1.80. The zero-order valence-electron chi connectivity index (χ0n) is 8.77. The summed E-state index contributed by atoms with van der Waals surface area (Å²) in [7, 11) is -2.87. The largest absolute Gasteiger partial charge is 0.411 e. The maximum Gasteiger partial charge on any atom is 0.411 e. The van der Waals surface area contributed by atoms with Crippen LogP contribution in [-0.4, -0.2) is 24.1 Å². The minimum absolute atomic E-state index is 0.411. The molecule has 9 heteroatoms. The van der Waals surface area contributed by atoms with Gasteiger partial charge in [-0.25, -0.2) is 13.4 Å². The molecule has 0 bridgehead atoms. The van der Waals surface area contributed by atoms with Crippen LogP contribution in [0.2, 0.25) is 0 Å². The number of halogens is 3. The quantitative estimate of drug-likeness (QED) is 0.889. The Morgan fingerprint density at radius 2 is 2.18 bits per heavy atom. The Morgan fingerprint density at radius 3 is 2.53 bits per heavy atom. The molecule has 0 aromatic carbocycles. The second-order valence-corrected chi connectivity index (χ2v) is 4.86. The number of imidazole rings is 1. The lowest BCUT2D eigenvalue weighted by atomic mass is 10.3. The lowest BCUT2D eigenvalue weighted by Gasteiger charge is -2.20. The Balaban J connectivity index is 3.16. The number of sulfonamides is 1. The first kappa shape index (κ1) is 13.7. The Bertz CT molecular complexity index is 506. The Hall–Kier alpha value is -1.35. The van der Waals surface area contributed by atoms with Gasteiger partial charge in [0.25, 0.3) is 0 Å². The van der Waals surface area contributed by atoms with Crippen molar-refractivity contribution in [1.82, 2.24) is 14.3 Å². The molecule has 0 spiro atoms. The third-order valence-electron chi connectivity index (χ3n) is 1.95. The summed E-state index contributed by atoms with van der Waals surface area (Å²) in [6.07, 6.45) is -2.35. The van der Waals surface area contributed by atoms with Crippen molar-refractivity contribution in [2.75, 3.05) is 0 Å². The lowest BCUT2D eigenvalue weighted by Crippen LogP contribution is -2.38. The van der Waals surface area contributed by atoms with Gasteiger partial charge in [0.2, 0.25) is 10.0 Å². The van der Waals surface area contributed by atoms with Gasteiger partial charge in [0, 0.05) is 24.8 Å². The molecule has 1 rings (SSSR count). The molecule has 0 radical (unpaired) electrons. The maximum absolute atomic E-state index is 12.7. The molecule has 96 valence electrons. The average molecular weight is 269 g/mol. The summed E-state index contributed by atoms with van der Waals surface area (Å²) in [5.41, 5.74) is 0. The van der Waals surface area contributed by atoms with E-state index in [-0.39, 0.29) is 0 Å². The van der Waals surface area contributed by atoms with E-state index in [1.54, 1.807) is 0 Å². The highest BCUT2D eigenvalue weighted by Crippen LogP contribution is 2.32. The standard InChI is InChI=1S/C8H10F3N3O2S/c1-3-17(15,16)13-6(8(9,10)11)7-12-4-5-14(7)2/h3-6,13H,1H2,2H3. The molecule has 1 N–H and O–H groups in total. The fourth-order valence-electron chi connectivity index (χ4n) is 1.13. The van der Waals surface area contributed by atoms with Crippen molar-refractivity contribution >= 4 is 10.0 Å². The van der Waals surface area contributed by atoms with E-state index in [0.29, 0.717) is 5.41 Å². The molecular formula is C8H10F3N3O2S. The van der Waals surface area contributed by atoms with Gasteiger partial charge >= 0.3 is 6.18 Å². The first-order valence-electron chi connectivity index (χ1n) is 4.36. The summed E-state index contributed by atoms with van der Waals surface area (Å²) in [4.78, 5) is 3.48. The van der Waals surface area contributed by atoms with Crippen molar-refractivity contribution < 1.29 is 21.6 Å². The zero-order valence-corrected chi connectivity index (χ0v) is 9.59. The van der Waals surface area contributed by atoms with Crippen molar-refractivity contribution in [2.45, 2.75) is 12.2 Å². The predicted molar refractivity (Wildman–Crippen MR) is 54.3 cm³/mol. The smallest absolute Gasteiger partial charge is 0.336 e. The molecule has 0 saturated heterocycles. The van der Waals surface area contributed by atoms with E-state index >= 15 is 0 Å². The van der Waals surface area contributed by atoms with Crippen LogP contribution < -0.4 is 4.72 Å². The van der Waals surface area contributed by atoms with Gasteiger partial charge in [0.05, 0.1) is 0 Å². The Kier molecular flexibility index (Phi) is 3.62. The third kappa shape index (κ3) is 3.30. The number of rotatable bonds is 4. The lowest BCUT2D eigenvalue weighted by molar-refractivity contribution is -0.155. The highest BCUT2D eigenvalue weighted by Gasteiger charge is 2.45. The SMILES string of the molecule is C=CS(=O)(=O)NC(c1nccn1C)C(F)(F)F. The number of nitrogens with one attached hydrogen (secondary N) is 1. The highest BCUT2D eigenvalue weighted by atomic mass is 32.2. The van der Waals surface area contributed by atoms with Crippen molar-refractivity contribution in [1.29, 1.82) is 0 Å². The number of aromatic nitrogens is 2. The second-order valence-electron chi connectivity index (χ2n) is 3.20. The van der Waals surface area contributed by atoms with Crippen molar-refractivity contribution in [3.05, 3.63) is 30.2 Å². The molecule has 0 amide bonds. The van der Waals surface area contributed by atoms with Crippen LogP contribution in [0, 0.1) is 0 Å². The van der Waals surface area contributed by atoms with Gasteiger partial charge in [-0.15, -0.1) is 0 Å². The molecule has 1 atom stereocenters. The van der Waals surface area contributed by atoms with Gasteiger partial charge in [0.1, 0.15) is 5.82 Å². The van der Waals surface area contributed by atoms with Gasteiger partial charge in [0.15, 0.2) is 6.04 Å². The molecule has 5 nitrogen and oxygen atoms in total. The van der Waals surface area contributed by atoms with Crippen molar-refractivity contribution in [2.24, 2.45) is 7.05 Å². The Labute approximate surface area is 96.0 Å². The van der Waals surface area contributed by atoms with Gasteiger partial charge in [-0.2, -0.15) is 17.9 Å².